The summed E-state index contributed by atoms with van der Waals surface area (Å²) in [6, 6.07) is 1.33. The summed E-state index contributed by atoms with van der Waals surface area (Å²) in [4.78, 5) is 6.68. The van der Waals surface area contributed by atoms with E-state index in [1.807, 2.05) is 0 Å². The maximum atomic E-state index is 13.7. The van der Waals surface area contributed by atoms with Gasteiger partial charge in [-0.15, -0.1) is 0 Å². The first-order valence-electron chi connectivity index (χ1n) is 5.58. The lowest BCUT2D eigenvalue weighted by atomic mass is 10.2. The highest BCUT2D eigenvalue weighted by atomic mass is 32.2. The summed E-state index contributed by atoms with van der Waals surface area (Å²) in [7, 11) is -5.92. The normalized spacial score (nSPS) is 12.8. The molecular weight excluding hydrogens is 346 g/mol. The molecule has 0 radical (unpaired) electrons. The van der Waals surface area contributed by atoms with E-state index >= 15 is 0 Å². The van der Waals surface area contributed by atoms with Crippen LogP contribution in [0, 0.1) is 12.7 Å². The van der Waals surface area contributed by atoms with Crippen LogP contribution in [0.15, 0.2) is 22.1 Å². The van der Waals surface area contributed by atoms with Crippen molar-refractivity contribution in [2.75, 3.05) is 0 Å². The Morgan fingerprint density at radius 2 is 1.78 bits per heavy atom. The summed E-state index contributed by atoms with van der Waals surface area (Å²) < 4.78 is 76.5. The van der Waals surface area contributed by atoms with E-state index in [0.717, 1.165) is 6.92 Å². The van der Waals surface area contributed by atoms with Crippen LogP contribution < -0.4 is 21.4 Å². The molecule has 23 heavy (non-hydrogen) atoms. The number of hydrogen-bond donors (Lipinski definition) is 3. The molecule has 0 atom stereocenters. The van der Waals surface area contributed by atoms with E-state index in [-0.39, 0.29) is 5.56 Å². The number of aliphatic imine (C=N–C) groups is 2. The van der Waals surface area contributed by atoms with Gasteiger partial charge in [0.2, 0.25) is 5.96 Å². The van der Waals surface area contributed by atoms with Crippen LogP contribution in [0.25, 0.3) is 0 Å². The minimum atomic E-state index is -5.92. The SMILES string of the molecule is Cc1cc(F)c(N=C(N)N=C(N)N)cc1OS(=O)(=O)C(F)(F)F. The van der Waals surface area contributed by atoms with E-state index in [9.17, 15) is 26.0 Å². The molecule has 1 aromatic carbocycles. The fourth-order valence-electron chi connectivity index (χ4n) is 1.26. The van der Waals surface area contributed by atoms with E-state index in [2.05, 4.69) is 14.2 Å². The maximum Gasteiger partial charge on any atom is 0.534 e. The molecule has 0 spiro atoms. The molecular formula is C10H11F4N5O3S. The highest BCUT2D eigenvalue weighted by molar-refractivity contribution is 7.88. The number of rotatable bonds is 3. The Balaban J connectivity index is 3.33. The fourth-order valence-corrected chi connectivity index (χ4v) is 1.77. The van der Waals surface area contributed by atoms with Gasteiger partial charge >= 0.3 is 15.6 Å². The van der Waals surface area contributed by atoms with Gasteiger partial charge in [0.15, 0.2) is 5.96 Å². The molecule has 1 rings (SSSR count). The lowest BCUT2D eigenvalue weighted by Gasteiger charge is -2.12. The number of hydrogen-bond acceptors (Lipinski definition) is 4. The van der Waals surface area contributed by atoms with E-state index < -0.39 is 44.8 Å². The molecule has 0 unspecified atom stereocenters. The molecule has 1 aromatic rings. The van der Waals surface area contributed by atoms with Gasteiger partial charge in [0, 0.05) is 6.07 Å². The van der Waals surface area contributed by atoms with Gasteiger partial charge in [-0.1, -0.05) is 0 Å². The van der Waals surface area contributed by atoms with Crippen LogP contribution in [0.4, 0.5) is 23.2 Å². The Morgan fingerprint density at radius 1 is 1.22 bits per heavy atom. The lowest BCUT2D eigenvalue weighted by molar-refractivity contribution is -0.0500. The molecule has 0 saturated heterocycles. The lowest BCUT2D eigenvalue weighted by Crippen LogP contribution is -2.28. The molecule has 0 fully saturated rings. The number of nitrogens with two attached hydrogens (primary N) is 3. The molecule has 128 valence electrons. The number of nitrogens with zero attached hydrogens (tertiary/aromatic N) is 2. The average molecular weight is 357 g/mol. The second-order valence-corrected chi connectivity index (χ2v) is 5.60. The van der Waals surface area contributed by atoms with E-state index in [1.165, 1.54) is 0 Å². The zero-order chi connectivity index (χ0) is 18.0. The molecule has 0 aliphatic rings. The van der Waals surface area contributed by atoms with Crippen molar-refractivity contribution >= 4 is 27.7 Å². The molecule has 13 heteroatoms. The van der Waals surface area contributed by atoms with Crippen LogP contribution >= 0.6 is 0 Å². The standard InChI is InChI=1S/C10H11F4N5O3S/c1-4-2-5(11)6(18-9(17)19-8(15)16)3-7(4)22-23(20,21)10(12,13)14/h2-3H,1H3,(H6,15,16,17,18,19). The van der Waals surface area contributed by atoms with Gasteiger partial charge in [-0.2, -0.15) is 26.6 Å². The molecule has 6 N–H and O–H groups in total. The summed E-state index contributed by atoms with van der Waals surface area (Å²) in [5, 5.41) is 0. The molecule has 0 aliphatic carbocycles. The van der Waals surface area contributed by atoms with Crippen molar-refractivity contribution in [2.24, 2.45) is 27.2 Å². The predicted molar refractivity (Wildman–Crippen MR) is 73.8 cm³/mol. The Morgan fingerprint density at radius 3 is 2.26 bits per heavy atom. The van der Waals surface area contributed by atoms with Crippen LogP contribution in [-0.4, -0.2) is 25.8 Å². The summed E-state index contributed by atoms with van der Waals surface area (Å²) in [6.07, 6.45) is 0. The van der Waals surface area contributed by atoms with Gasteiger partial charge in [0.25, 0.3) is 0 Å². The maximum absolute atomic E-state index is 13.7. The minimum absolute atomic E-state index is 0.213. The van der Waals surface area contributed by atoms with Crippen molar-refractivity contribution in [3.8, 4) is 5.75 Å². The van der Waals surface area contributed by atoms with Crippen LogP contribution in [0.5, 0.6) is 5.75 Å². The zero-order valence-electron chi connectivity index (χ0n) is 11.4. The summed E-state index contributed by atoms with van der Waals surface area (Å²) >= 11 is 0. The van der Waals surface area contributed by atoms with Crippen LogP contribution in [-0.2, 0) is 10.1 Å². The van der Waals surface area contributed by atoms with E-state index in [0.29, 0.717) is 12.1 Å². The molecule has 0 bridgehead atoms. The highest BCUT2D eigenvalue weighted by Gasteiger charge is 2.48. The van der Waals surface area contributed by atoms with Gasteiger partial charge < -0.3 is 21.4 Å². The van der Waals surface area contributed by atoms with E-state index in [1.54, 1.807) is 0 Å². The van der Waals surface area contributed by atoms with Crippen molar-refractivity contribution in [1.29, 1.82) is 0 Å². The number of guanidine groups is 2. The Kier molecular flexibility index (Phi) is 5.04. The van der Waals surface area contributed by atoms with Gasteiger partial charge in [-0.3, -0.25) is 0 Å². The largest absolute Gasteiger partial charge is 0.534 e. The smallest absolute Gasteiger partial charge is 0.376 e. The Labute approximate surface area is 127 Å². The monoisotopic (exact) mass is 357 g/mol. The predicted octanol–water partition coefficient (Wildman–Crippen LogP) is 0.582. The van der Waals surface area contributed by atoms with Gasteiger partial charge in [0.1, 0.15) is 17.3 Å². The van der Waals surface area contributed by atoms with Crippen LogP contribution in [0.1, 0.15) is 5.56 Å². The molecule has 0 aliphatic heterocycles. The first-order chi connectivity index (χ1) is 10.3. The Hall–Kier alpha value is -2.57. The number of halogens is 4. The third-order valence-electron chi connectivity index (χ3n) is 2.21. The molecule has 0 saturated carbocycles. The summed E-state index contributed by atoms with van der Waals surface area (Å²) in [5.74, 6) is -2.87. The first-order valence-corrected chi connectivity index (χ1v) is 6.99. The minimum Gasteiger partial charge on any atom is -0.376 e. The quantitative estimate of drug-likeness (QED) is 0.237. The first kappa shape index (κ1) is 18.5. The van der Waals surface area contributed by atoms with Gasteiger partial charge in [0.05, 0.1) is 0 Å². The summed E-state index contributed by atoms with van der Waals surface area (Å²) in [5.41, 5.74) is 8.81. The van der Waals surface area contributed by atoms with Crippen molar-refractivity contribution in [3.63, 3.8) is 0 Å². The van der Waals surface area contributed by atoms with Crippen LogP contribution in [0.2, 0.25) is 0 Å². The van der Waals surface area contributed by atoms with Crippen molar-refractivity contribution in [1.82, 2.24) is 0 Å². The molecule has 8 nitrogen and oxygen atoms in total. The zero-order valence-corrected chi connectivity index (χ0v) is 12.2. The third kappa shape index (κ3) is 4.70. The fraction of sp³-hybridized carbons (Fsp3) is 0.200. The second-order valence-electron chi connectivity index (χ2n) is 4.06. The second kappa shape index (κ2) is 6.28. The topological polar surface area (TPSA) is 146 Å². The molecule has 0 heterocycles. The van der Waals surface area contributed by atoms with Gasteiger partial charge in [-0.05, 0) is 18.6 Å². The van der Waals surface area contributed by atoms with Gasteiger partial charge in [-0.25, -0.2) is 9.38 Å². The number of alkyl halides is 3. The number of aryl methyl sites for hydroxylation is 1. The Bertz CT molecular complexity index is 769. The highest BCUT2D eigenvalue weighted by Crippen LogP contribution is 2.32. The average Bonchev–Trinajstić information content (AvgIpc) is 2.32. The summed E-state index contributed by atoms with van der Waals surface area (Å²) in [6.45, 7) is 1.14. The van der Waals surface area contributed by atoms with Crippen molar-refractivity contribution in [3.05, 3.63) is 23.5 Å². The molecule has 0 aromatic heterocycles. The van der Waals surface area contributed by atoms with E-state index in [4.69, 9.17) is 17.2 Å². The molecule has 0 amide bonds. The number of benzene rings is 1. The van der Waals surface area contributed by atoms with Crippen molar-refractivity contribution in [2.45, 2.75) is 12.4 Å². The van der Waals surface area contributed by atoms with Crippen LogP contribution in [0.3, 0.4) is 0 Å². The third-order valence-corrected chi connectivity index (χ3v) is 3.17. The van der Waals surface area contributed by atoms with Crippen molar-refractivity contribution < 1.29 is 30.2 Å².